The number of para-hydroxylation sites is 1. The first kappa shape index (κ1) is 16.1. The van der Waals surface area contributed by atoms with Gasteiger partial charge in [-0.1, -0.05) is 18.2 Å². The number of alkyl halides is 2. The molecule has 0 atom stereocenters. The molecule has 0 spiro atoms. The van der Waals surface area contributed by atoms with Crippen molar-refractivity contribution < 1.29 is 9.53 Å². The highest BCUT2D eigenvalue weighted by atomic mass is 35.5. The minimum atomic E-state index is -0.316. The third-order valence-electron chi connectivity index (χ3n) is 3.25. The molecule has 2 rings (SSSR count). The van der Waals surface area contributed by atoms with Crippen LogP contribution in [0.1, 0.15) is 10.4 Å². The molecule has 1 aromatic carbocycles. The van der Waals surface area contributed by atoms with Gasteiger partial charge in [-0.2, -0.15) is 0 Å². The molecule has 0 aliphatic rings. The molecule has 1 heterocycles. The van der Waals surface area contributed by atoms with Gasteiger partial charge in [0.2, 0.25) is 0 Å². The van der Waals surface area contributed by atoms with E-state index in [2.05, 4.69) is 9.88 Å². The maximum absolute atomic E-state index is 12.1. The van der Waals surface area contributed by atoms with Crippen LogP contribution in [0.15, 0.2) is 30.5 Å². The lowest BCUT2D eigenvalue weighted by molar-refractivity contribution is 0.0469. The number of nitrogens with zero attached hydrogens (tertiary/aromatic N) is 1. The molecule has 1 N–H and O–H groups in total. The molecule has 2 aromatic rings. The van der Waals surface area contributed by atoms with Gasteiger partial charge in [-0.3, -0.25) is 4.90 Å². The van der Waals surface area contributed by atoms with Crippen LogP contribution in [0.5, 0.6) is 0 Å². The second-order valence-corrected chi connectivity index (χ2v) is 5.36. The van der Waals surface area contributed by atoms with Crippen LogP contribution < -0.4 is 0 Å². The highest BCUT2D eigenvalue weighted by Gasteiger charge is 2.13. The molecule has 0 bridgehead atoms. The van der Waals surface area contributed by atoms with Crippen molar-refractivity contribution in [1.29, 1.82) is 0 Å². The van der Waals surface area contributed by atoms with Crippen LogP contribution in [0.2, 0.25) is 0 Å². The summed E-state index contributed by atoms with van der Waals surface area (Å²) >= 11 is 11.4. The van der Waals surface area contributed by atoms with E-state index in [-0.39, 0.29) is 5.97 Å². The largest absolute Gasteiger partial charge is 0.461 e. The molecule has 0 unspecified atom stereocenters. The number of benzene rings is 1. The predicted octanol–water partition coefficient (Wildman–Crippen LogP) is 3.10. The van der Waals surface area contributed by atoms with Crippen LogP contribution in [0.3, 0.4) is 0 Å². The van der Waals surface area contributed by atoms with E-state index < -0.39 is 0 Å². The fraction of sp³-hybridized carbons (Fsp3) is 0.400. The molecule has 1 aromatic heterocycles. The Kier molecular flexibility index (Phi) is 6.36. The Labute approximate surface area is 134 Å². The molecule has 0 fully saturated rings. The normalized spacial score (nSPS) is 11.2. The topological polar surface area (TPSA) is 45.3 Å². The third-order valence-corrected chi connectivity index (χ3v) is 3.59. The van der Waals surface area contributed by atoms with Crippen molar-refractivity contribution >= 4 is 40.1 Å². The van der Waals surface area contributed by atoms with Gasteiger partial charge >= 0.3 is 5.97 Å². The molecule has 0 radical (unpaired) electrons. The van der Waals surface area contributed by atoms with E-state index in [1.165, 1.54) is 0 Å². The number of rotatable bonds is 8. The fourth-order valence-electron chi connectivity index (χ4n) is 2.16. The lowest BCUT2D eigenvalue weighted by atomic mass is 10.2. The first-order valence-corrected chi connectivity index (χ1v) is 7.90. The predicted molar refractivity (Wildman–Crippen MR) is 86.5 cm³/mol. The number of carbonyl (C=O) groups excluding carboxylic acids is 1. The number of nitrogens with one attached hydrogen (secondary N) is 1. The number of halogens is 2. The minimum absolute atomic E-state index is 0.316. The number of aromatic amines is 1. The van der Waals surface area contributed by atoms with E-state index in [4.69, 9.17) is 27.9 Å². The Bertz CT molecular complexity index is 580. The fourth-order valence-corrected chi connectivity index (χ4v) is 2.64. The van der Waals surface area contributed by atoms with Crippen molar-refractivity contribution in [1.82, 2.24) is 9.88 Å². The summed E-state index contributed by atoms with van der Waals surface area (Å²) in [5.74, 6) is 0.754. The maximum Gasteiger partial charge on any atom is 0.340 e. The summed E-state index contributed by atoms with van der Waals surface area (Å²) in [6, 6.07) is 7.64. The van der Waals surface area contributed by atoms with Crippen LogP contribution in [0.25, 0.3) is 10.9 Å². The van der Waals surface area contributed by atoms with Crippen molar-refractivity contribution in [2.45, 2.75) is 0 Å². The Morgan fingerprint density at radius 3 is 2.57 bits per heavy atom. The number of H-pyrrole nitrogens is 1. The molecular weight excluding hydrogens is 311 g/mol. The zero-order valence-corrected chi connectivity index (χ0v) is 13.2. The van der Waals surface area contributed by atoms with Gasteiger partial charge in [-0.15, -0.1) is 23.2 Å². The Morgan fingerprint density at radius 1 is 1.14 bits per heavy atom. The molecule has 0 aliphatic heterocycles. The van der Waals surface area contributed by atoms with Crippen LogP contribution in [0, 0.1) is 0 Å². The number of fused-ring (bicyclic) bond motifs is 1. The smallest absolute Gasteiger partial charge is 0.340 e. The number of esters is 1. The molecular formula is C15H18Cl2N2O2. The number of aromatic nitrogens is 1. The molecule has 0 aliphatic carbocycles. The van der Waals surface area contributed by atoms with Crippen LogP contribution in [-0.4, -0.2) is 53.9 Å². The number of hydrogen-bond donors (Lipinski definition) is 1. The number of ether oxygens (including phenoxy) is 1. The highest BCUT2D eigenvalue weighted by Crippen LogP contribution is 2.18. The molecule has 114 valence electrons. The molecule has 21 heavy (non-hydrogen) atoms. The Hall–Kier alpha value is -1.23. The molecule has 4 nitrogen and oxygen atoms in total. The van der Waals surface area contributed by atoms with Crippen molar-refractivity contribution in [2.24, 2.45) is 0 Å². The van der Waals surface area contributed by atoms with Crippen LogP contribution in [0.4, 0.5) is 0 Å². The van der Waals surface area contributed by atoms with E-state index in [0.717, 1.165) is 24.0 Å². The standard InChI is InChI=1S/C15H18Cl2N2O2/c16-5-7-19(8-6-17)9-10-21-15(20)13-11-18-14-4-2-1-3-12(13)14/h1-4,11,18H,5-10H2. The summed E-state index contributed by atoms with van der Waals surface area (Å²) in [7, 11) is 0. The van der Waals surface area contributed by atoms with Crippen molar-refractivity contribution in [2.75, 3.05) is 38.0 Å². The van der Waals surface area contributed by atoms with Gasteiger partial charge in [0.15, 0.2) is 0 Å². The second kappa shape index (κ2) is 8.27. The van der Waals surface area contributed by atoms with Gasteiger partial charge < -0.3 is 9.72 Å². The number of hydrogen-bond acceptors (Lipinski definition) is 3. The molecule has 0 saturated carbocycles. The lowest BCUT2D eigenvalue weighted by Gasteiger charge is -2.19. The summed E-state index contributed by atoms with van der Waals surface area (Å²) in [6.07, 6.45) is 1.68. The highest BCUT2D eigenvalue weighted by molar-refractivity contribution is 6.18. The first-order valence-electron chi connectivity index (χ1n) is 6.83. The van der Waals surface area contributed by atoms with E-state index in [9.17, 15) is 4.79 Å². The van der Waals surface area contributed by atoms with Gasteiger partial charge in [0, 0.05) is 48.5 Å². The Balaban J connectivity index is 1.90. The molecule has 0 amide bonds. The first-order chi connectivity index (χ1) is 10.3. The quantitative estimate of drug-likeness (QED) is 0.598. The van der Waals surface area contributed by atoms with Crippen molar-refractivity contribution in [3.63, 3.8) is 0 Å². The SMILES string of the molecule is O=C(OCCN(CCCl)CCCl)c1c[nH]c2ccccc12. The van der Waals surface area contributed by atoms with E-state index in [1.807, 2.05) is 24.3 Å². The van der Waals surface area contributed by atoms with Crippen LogP contribution in [-0.2, 0) is 4.74 Å². The summed E-state index contributed by atoms with van der Waals surface area (Å²) in [5.41, 5.74) is 1.49. The second-order valence-electron chi connectivity index (χ2n) is 4.60. The molecule has 0 saturated heterocycles. The van der Waals surface area contributed by atoms with Gasteiger partial charge in [0.25, 0.3) is 0 Å². The zero-order valence-electron chi connectivity index (χ0n) is 11.6. The van der Waals surface area contributed by atoms with E-state index in [0.29, 0.717) is 30.5 Å². The zero-order chi connectivity index (χ0) is 15.1. The van der Waals surface area contributed by atoms with Crippen LogP contribution >= 0.6 is 23.2 Å². The van der Waals surface area contributed by atoms with Crippen molar-refractivity contribution in [3.8, 4) is 0 Å². The summed E-state index contributed by atoms with van der Waals surface area (Å²) in [5, 5.41) is 0.876. The van der Waals surface area contributed by atoms with Crippen molar-refractivity contribution in [3.05, 3.63) is 36.0 Å². The van der Waals surface area contributed by atoms with Gasteiger partial charge in [-0.05, 0) is 6.07 Å². The number of carbonyl (C=O) groups is 1. The minimum Gasteiger partial charge on any atom is -0.461 e. The average molecular weight is 329 g/mol. The van der Waals surface area contributed by atoms with Gasteiger partial charge in [0.05, 0.1) is 5.56 Å². The average Bonchev–Trinajstić information content (AvgIpc) is 2.91. The third kappa shape index (κ3) is 4.37. The molecule has 6 heteroatoms. The summed E-state index contributed by atoms with van der Waals surface area (Å²) in [6.45, 7) is 2.43. The van der Waals surface area contributed by atoms with E-state index in [1.54, 1.807) is 6.20 Å². The monoisotopic (exact) mass is 328 g/mol. The van der Waals surface area contributed by atoms with E-state index >= 15 is 0 Å². The Morgan fingerprint density at radius 2 is 1.86 bits per heavy atom. The van der Waals surface area contributed by atoms with Gasteiger partial charge in [-0.25, -0.2) is 4.79 Å². The summed E-state index contributed by atoms with van der Waals surface area (Å²) < 4.78 is 5.33. The lowest BCUT2D eigenvalue weighted by Crippen LogP contribution is -2.31. The maximum atomic E-state index is 12.1. The van der Waals surface area contributed by atoms with Gasteiger partial charge in [0.1, 0.15) is 6.61 Å². The summed E-state index contributed by atoms with van der Waals surface area (Å²) in [4.78, 5) is 17.2.